The van der Waals surface area contributed by atoms with Gasteiger partial charge in [-0.2, -0.15) is 0 Å². The average Bonchev–Trinajstić information content (AvgIpc) is 3.07. The monoisotopic (exact) mass is 236 g/mol. The number of hydrogen-bond donors (Lipinski definition) is 1. The van der Waals surface area contributed by atoms with E-state index in [0.29, 0.717) is 30.7 Å². The van der Waals surface area contributed by atoms with Crippen molar-refractivity contribution in [1.82, 2.24) is 14.5 Å². The molecule has 0 spiro atoms. The molecule has 1 atom stereocenters. The van der Waals surface area contributed by atoms with Crippen molar-refractivity contribution >= 4 is 5.91 Å². The molecule has 5 nitrogen and oxygen atoms in total. The van der Waals surface area contributed by atoms with Crippen LogP contribution < -0.4 is 5.73 Å². The molecule has 17 heavy (non-hydrogen) atoms. The Morgan fingerprint density at radius 3 is 3.00 bits per heavy atom. The van der Waals surface area contributed by atoms with Crippen LogP contribution in [0.5, 0.6) is 0 Å². The lowest BCUT2D eigenvalue weighted by Gasteiger charge is -2.23. The molecule has 0 aromatic carbocycles. The number of carbonyl (C=O) groups excluding carboxylic acids is 1. The highest BCUT2D eigenvalue weighted by Crippen LogP contribution is 2.34. The topological polar surface area (TPSA) is 64.2 Å². The summed E-state index contributed by atoms with van der Waals surface area (Å²) >= 11 is 0. The summed E-state index contributed by atoms with van der Waals surface area (Å²) in [7, 11) is 1.85. The zero-order valence-electron chi connectivity index (χ0n) is 10.5. The normalized spacial score (nSPS) is 16.9. The Balaban J connectivity index is 2.01. The Morgan fingerprint density at radius 1 is 1.71 bits per heavy atom. The van der Waals surface area contributed by atoms with Crippen molar-refractivity contribution in [3.8, 4) is 0 Å². The van der Waals surface area contributed by atoms with Crippen LogP contribution in [0.4, 0.5) is 0 Å². The number of carbonyl (C=O) groups is 1. The molecule has 2 N–H and O–H groups in total. The average molecular weight is 236 g/mol. The largest absolute Gasteiger partial charge is 0.337 e. The molecule has 0 bridgehead atoms. The molecule has 1 saturated carbocycles. The van der Waals surface area contributed by atoms with Gasteiger partial charge in [-0.05, 0) is 25.7 Å². The van der Waals surface area contributed by atoms with Crippen LogP contribution in [-0.2, 0) is 6.54 Å². The lowest BCUT2D eigenvalue weighted by Crippen LogP contribution is -2.36. The Labute approximate surface area is 102 Å². The first kappa shape index (κ1) is 12.1. The van der Waals surface area contributed by atoms with Crippen LogP contribution in [0.25, 0.3) is 0 Å². The van der Waals surface area contributed by atoms with Gasteiger partial charge in [-0.15, -0.1) is 0 Å². The molecule has 1 fully saturated rings. The van der Waals surface area contributed by atoms with Gasteiger partial charge >= 0.3 is 0 Å². The quantitative estimate of drug-likeness (QED) is 0.819. The van der Waals surface area contributed by atoms with Crippen LogP contribution in [0.15, 0.2) is 12.5 Å². The minimum Gasteiger partial charge on any atom is -0.337 e. The van der Waals surface area contributed by atoms with Gasteiger partial charge < -0.3 is 15.2 Å². The molecule has 1 aromatic heterocycles. The first-order chi connectivity index (χ1) is 8.13. The summed E-state index contributed by atoms with van der Waals surface area (Å²) in [6, 6.07) is 0.308. The van der Waals surface area contributed by atoms with Crippen molar-refractivity contribution in [1.29, 1.82) is 0 Å². The van der Waals surface area contributed by atoms with Gasteiger partial charge in [0.25, 0.3) is 5.91 Å². The fourth-order valence-corrected chi connectivity index (χ4v) is 2.00. The first-order valence-corrected chi connectivity index (χ1v) is 6.12. The number of imidazole rings is 1. The van der Waals surface area contributed by atoms with Gasteiger partial charge in [0.05, 0.1) is 6.33 Å². The van der Waals surface area contributed by atoms with Crippen molar-refractivity contribution < 1.29 is 4.79 Å². The third-order valence-corrected chi connectivity index (χ3v) is 3.48. The highest BCUT2D eigenvalue weighted by atomic mass is 16.2. The van der Waals surface area contributed by atoms with Gasteiger partial charge in [0.2, 0.25) is 0 Å². The van der Waals surface area contributed by atoms with Crippen molar-refractivity contribution in [2.75, 3.05) is 13.6 Å². The van der Waals surface area contributed by atoms with E-state index in [9.17, 15) is 4.79 Å². The lowest BCUT2D eigenvalue weighted by atomic mass is 10.2. The Kier molecular flexibility index (Phi) is 3.47. The minimum absolute atomic E-state index is 0.000159. The van der Waals surface area contributed by atoms with Gasteiger partial charge in [0, 0.05) is 32.4 Å². The second-order valence-electron chi connectivity index (χ2n) is 4.78. The lowest BCUT2D eigenvalue weighted by molar-refractivity contribution is 0.0722. The number of amides is 1. The van der Waals surface area contributed by atoms with E-state index in [4.69, 9.17) is 5.73 Å². The SMILES string of the molecule is CC(C1CC1)N(C)C(=O)c1cn(CCN)cn1. The van der Waals surface area contributed by atoms with Crippen molar-refractivity contribution in [2.45, 2.75) is 32.4 Å². The summed E-state index contributed by atoms with van der Waals surface area (Å²) < 4.78 is 1.85. The molecular weight excluding hydrogens is 216 g/mol. The summed E-state index contributed by atoms with van der Waals surface area (Å²) in [5.74, 6) is 0.676. The van der Waals surface area contributed by atoms with Crippen LogP contribution in [0.1, 0.15) is 30.3 Å². The van der Waals surface area contributed by atoms with E-state index in [2.05, 4.69) is 11.9 Å². The van der Waals surface area contributed by atoms with E-state index < -0.39 is 0 Å². The van der Waals surface area contributed by atoms with Crippen LogP contribution in [-0.4, -0.2) is 40.0 Å². The predicted molar refractivity (Wildman–Crippen MR) is 65.6 cm³/mol. The van der Waals surface area contributed by atoms with Crippen LogP contribution in [0, 0.1) is 5.92 Å². The standard InChI is InChI=1S/C12H20N4O/c1-9(10-3-4-10)15(2)12(17)11-7-16(6-5-13)8-14-11/h7-10H,3-6,13H2,1-2H3. The molecule has 0 radical (unpaired) electrons. The molecule has 1 aromatic rings. The fourth-order valence-electron chi connectivity index (χ4n) is 2.00. The second kappa shape index (κ2) is 4.87. The minimum atomic E-state index is 0.000159. The molecule has 1 unspecified atom stereocenters. The molecule has 1 aliphatic rings. The van der Waals surface area contributed by atoms with E-state index >= 15 is 0 Å². The van der Waals surface area contributed by atoms with Gasteiger partial charge in [-0.1, -0.05) is 0 Å². The smallest absolute Gasteiger partial charge is 0.274 e. The van der Waals surface area contributed by atoms with Gasteiger partial charge in [-0.3, -0.25) is 4.79 Å². The Hall–Kier alpha value is -1.36. The number of nitrogens with zero attached hydrogens (tertiary/aromatic N) is 3. The van der Waals surface area contributed by atoms with E-state index in [-0.39, 0.29) is 5.91 Å². The summed E-state index contributed by atoms with van der Waals surface area (Å²) in [6.45, 7) is 3.35. The molecule has 1 amide bonds. The third kappa shape index (κ3) is 2.66. The van der Waals surface area contributed by atoms with Crippen LogP contribution >= 0.6 is 0 Å². The maximum Gasteiger partial charge on any atom is 0.274 e. The van der Waals surface area contributed by atoms with Crippen LogP contribution in [0.2, 0.25) is 0 Å². The molecule has 0 aliphatic heterocycles. The Bertz CT molecular complexity index is 397. The molecular formula is C12H20N4O. The van der Waals surface area contributed by atoms with Crippen LogP contribution in [0.3, 0.4) is 0 Å². The zero-order chi connectivity index (χ0) is 12.4. The van der Waals surface area contributed by atoms with E-state index in [1.165, 1.54) is 12.8 Å². The predicted octanol–water partition coefficient (Wildman–Crippen LogP) is 0.712. The number of nitrogens with two attached hydrogens (primary N) is 1. The maximum atomic E-state index is 12.2. The molecule has 5 heteroatoms. The van der Waals surface area contributed by atoms with Gasteiger partial charge in [0.15, 0.2) is 0 Å². The molecule has 94 valence electrons. The summed E-state index contributed by atoms with van der Waals surface area (Å²) in [4.78, 5) is 18.1. The molecule has 1 aliphatic carbocycles. The number of rotatable bonds is 5. The zero-order valence-corrected chi connectivity index (χ0v) is 10.5. The van der Waals surface area contributed by atoms with Gasteiger partial charge in [-0.25, -0.2) is 4.98 Å². The molecule has 2 rings (SSSR count). The first-order valence-electron chi connectivity index (χ1n) is 6.12. The second-order valence-corrected chi connectivity index (χ2v) is 4.78. The highest BCUT2D eigenvalue weighted by molar-refractivity contribution is 5.92. The van der Waals surface area contributed by atoms with E-state index in [0.717, 1.165) is 0 Å². The van der Waals surface area contributed by atoms with E-state index in [1.807, 2.05) is 11.6 Å². The number of hydrogen-bond acceptors (Lipinski definition) is 3. The van der Waals surface area contributed by atoms with Crippen molar-refractivity contribution in [3.63, 3.8) is 0 Å². The third-order valence-electron chi connectivity index (χ3n) is 3.48. The van der Waals surface area contributed by atoms with E-state index in [1.54, 1.807) is 17.4 Å². The summed E-state index contributed by atoms with van der Waals surface area (Å²) in [5, 5.41) is 0. The van der Waals surface area contributed by atoms with Crippen molar-refractivity contribution in [2.24, 2.45) is 11.7 Å². The maximum absolute atomic E-state index is 12.2. The van der Waals surface area contributed by atoms with Gasteiger partial charge in [0.1, 0.15) is 5.69 Å². The number of aromatic nitrogens is 2. The summed E-state index contributed by atoms with van der Waals surface area (Å²) in [5.41, 5.74) is 5.97. The Morgan fingerprint density at radius 2 is 2.41 bits per heavy atom. The fraction of sp³-hybridized carbons (Fsp3) is 0.667. The highest BCUT2D eigenvalue weighted by Gasteiger charge is 2.33. The molecule has 1 heterocycles. The van der Waals surface area contributed by atoms with Crippen molar-refractivity contribution in [3.05, 3.63) is 18.2 Å². The summed E-state index contributed by atoms with van der Waals surface area (Å²) in [6.07, 6.45) is 5.90. The molecule has 0 saturated heterocycles.